The van der Waals surface area contributed by atoms with Gasteiger partial charge in [0.25, 0.3) is 0 Å². The Bertz CT molecular complexity index is 328. The normalized spacial score (nSPS) is 14.4. The molecule has 0 spiro atoms. The second-order valence-corrected chi connectivity index (χ2v) is 6.24. The summed E-state index contributed by atoms with van der Waals surface area (Å²) in [5.41, 5.74) is 1.03. The molecule has 0 radical (unpaired) electrons. The van der Waals surface area contributed by atoms with Crippen molar-refractivity contribution in [1.82, 2.24) is 10.3 Å². The van der Waals surface area contributed by atoms with Crippen LogP contribution in [0.5, 0.6) is 0 Å². The first-order valence-electron chi connectivity index (χ1n) is 5.67. The van der Waals surface area contributed by atoms with Gasteiger partial charge in [0.05, 0.1) is 23.4 Å². The van der Waals surface area contributed by atoms with Crippen LogP contribution in [-0.4, -0.2) is 22.7 Å². The molecule has 1 heterocycles. The first-order chi connectivity index (χ1) is 7.34. The summed E-state index contributed by atoms with van der Waals surface area (Å²) >= 11 is 1.67. The highest BCUT2D eigenvalue weighted by Crippen LogP contribution is 2.27. The molecule has 0 aliphatic rings. The van der Waals surface area contributed by atoms with Crippen molar-refractivity contribution in [3.8, 4) is 0 Å². The molecule has 1 unspecified atom stereocenters. The van der Waals surface area contributed by atoms with E-state index in [2.05, 4.69) is 44.9 Å². The second-order valence-electron chi connectivity index (χ2n) is 5.38. The average Bonchev–Trinajstić information content (AvgIpc) is 2.61. The Balaban J connectivity index is 2.83. The molecular formula is C12H22N2OS. The molecule has 0 fully saturated rings. The highest BCUT2D eigenvalue weighted by molar-refractivity contribution is 7.09. The van der Waals surface area contributed by atoms with Crippen LogP contribution in [0, 0.1) is 0 Å². The smallest absolute Gasteiger partial charge is 0.0982 e. The van der Waals surface area contributed by atoms with Gasteiger partial charge in [0.1, 0.15) is 0 Å². The van der Waals surface area contributed by atoms with Gasteiger partial charge in [0, 0.05) is 16.8 Å². The number of rotatable bonds is 4. The number of aliphatic hydroxyl groups is 1. The van der Waals surface area contributed by atoms with Gasteiger partial charge in [0.15, 0.2) is 0 Å². The highest BCUT2D eigenvalue weighted by atomic mass is 32.1. The van der Waals surface area contributed by atoms with E-state index < -0.39 is 0 Å². The lowest BCUT2D eigenvalue weighted by Crippen LogP contribution is -2.30. The lowest BCUT2D eigenvalue weighted by atomic mass is 9.98. The largest absolute Gasteiger partial charge is 0.394 e. The molecule has 1 atom stereocenters. The average molecular weight is 242 g/mol. The summed E-state index contributed by atoms with van der Waals surface area (Å²) in [5, 5.41) is 15.8. The topological polar surface area (TPSA) is 45.1 Å². The van der Waals surface area contributed by atoms with Gasteiger partial charge in [-0.2, -0.15) is 0 Å². The lowest BCUT2D eigenvalue weighted by molar-refractivity contribution is 0.235. The minimum absolute atomic E-state index is 0.0488. The molecule has 1 aromatic heterocycles. The zero-order valence-corrected chi connectivity index (χ0v) is 11.6. The van der Waals surface area contributed by atoms with E-state index in [1.807, 2.05) is 5.38 Å². The zero-order valence-electron chi connectivity index (χ0n) is 10.7. The van der Waals surface area contributed by atoms with E-state index in [1.165, 1.54) is 0 Å². The van der Waals surface area contributed by atoms with E-state index >= 15 is 0 Å². The van der Waals surface area contributed by atoms with Crippen LogP contribution in [0.2, 0.25) is 0 Å². The quantitative estimate of drug-likeness (QED) is 0.852. The Hall–Kier alpha value is -0.450. The Kier molecular flexibility index (Phi) is 4.47. The molecule has 0 aliphatic heterocycles. The number of nitrogens with zero attached hydrogens (tertiary/aromatic N) is 1. The molecule has 0 bridgehead atoms. The fourth-order valence-electron chi connectivity index (χ4n) is 1.42. The zero-order chi connectivity index (χ0) is 12.3. The van der Waals surface area contributed by atoms with Crippen LogP contribution in [0.15, 0.2) is 5.38 Å². The molecule has 0 saturated carbocycles. The van der Waals surface area contributed by atoms with Gasteiger partial charge in [-0.05, 0) is 0 Å². The summed E-state index contributed by atoms with van der Waals surface area (Å²) in [7, 11) is 0. The SMILES string of the molecule is CC(C)NC(CO)c1csc(C(C)(C)C)n1. The van der Waals surface area contributed by atoms with Crippen LogP contribution in [0.1, 0.15) is 51.4 Å². The molecule has 0 aliphatic carbocycles. The molecular weight excluding hydrogens is 220 g/mol. The second kappa shape index (κ2) is 5.25. The maximum Gasteiger partial charge on any atom is 0.0982 e. The number of nitrogens with one attached hydrogen (secondary N) is 1. The van der Waals surface area contributed by atoms with Crippen molar-refractivity contribution in [1.29, 1.82) is 0 Å². The van der Waals surface area contributed by atoms with Crippen LogP contribution < -0.4 is 5.32 Å². The maximum absolute atomic E-state index is 9.34. The van der Waals surface area contributed by atoms with E-state index in [-0.39, 0.29) is 18.1 Å². The minimum Gasteiger partial charge on any atom is -0.394 e. The summed E-state index contributed by atoms with van der Waals surface area (Å²) in [6.07, 6.45) is 0. The molecule has 4 heteroatoms. The monoisotopic (exact) mass is 242 g/mol. The molecule has 1 aromatic rings. The van der Waals surface area contributed by atoms with Crippen molar-refractivity contribution in [3.05, 3.63) is 16.1 Å². The Morgan fingerprint density at radius 1 is 1.44 bits per heavy atom. The van der Waals surface area contributed by atoms with Crippen molar-refractivity contribution >= 4 is 11.3 Å². The summed E-state index contributed by atoms with van der Waals surface area (Å²) in [6, 6.07) is 0.296. The summed E-state index contributed by atoms with van der Waals surface area (Å²) < 4.78 is 0. The van der Waals surface area contributed by atoms with E-state index in [1.54, 1.807) is 11.3 Å². The molecule has 2 N–H and O–H groups in total. The first kappa shape index (κ1) is 13.6. The standard InChI is InChI=1S/C12H22N2OS/c1-8(2)13-9(6-15)10-7-16-11(14-10)12(3,4)5/h7-9,13,15H,6H2,1-5H3. The Morgan fingerprint density at radius 2 is 2.06 bits per heavy atom. The lowest BCUT2D eigenvalue weighted by Gasteiger charge is -2.18. The van der Waals surface area contributed by atoms with Gasteiger partial charge in [-0.1, -0.05) is 34.6 Å². The summed E-state index contributed by atoms with van der Waals surface area (Å²) in [6.45, 7) is 10.7. The van der Waals surface area contributed by atoms with Gasteiger partial charge in [-0.25, -0.2) is 4.98 Å². The van der Waals surface area contributed by atoms with E-state index in [0.29, 0.717) is 6.04 Å². The van der Waals surface area contributed by atoms with E-state index in [4.69, 9.17) is 0 Å². The number of thiazole rings is 1. The Morgan fingerprint density at radius 3 is 2.44 bits per heavy atom. The molecule has 3 nitrogen and oxygen atoms in total. The summed E-state index contributed by atoms with van der Waals surface area (Å²) in [5.74, 6) is 0. The van der Waals surface area contributed by atoms with Crippen LogP contribution in [0.25, 0.3) is 0 Å². The van der Waals surface area contributed by atoms with E-state index in [0.717, 1.165) is 10.7 Å². The van der Waals surface area contributed by atoms with Crippen molar-refractivity contribution in [2.45, 2.75) is 52.1 Å². The third kappa shape index (κ3) is 3.54. The van der Waals surface area contributed by atoms with Gasteiger partial charge in [-0.15, -0.1) is 11.3 Å². The molecule has 1 rings (SSSR count). The predicted molar refractivity (Wildman–Crippen MR) is 68.9 cm³/mol. The number of aliphatic hydroxyl groups excluding tert-OH is 1. The van der Waals surface area contributed by atoms with E-state index in [9.17, 15) is 5.11 Å². The van der Waals surface area contributed by atoms with Crippen molar-refractivity contribution < 1.29 is 5.11 Å². The summed E-state index contributed by atoms with van der Waals surface area (Å²) in [4.78, 5) is 4.60. The fraction of sp³-hybridized carbons (Fsp3) is 0.750. The van der Waals surface area contributed by atoms with Gasteiger partial charge < -0.3 is 10.4 Å². The fourth-order valence-corrected chi connectivity index (χ4v) is 2.39. The maximum atomic E-state index is 9.34. The van der Waals surface area contributed by atoms with Crippen molar-refractivity contribution in [3.63, 3.8) is 0 Å². The van der Waals surface area contributed by atoms with Gasteiger partial charge in [-0.3, -0.25) is 0 Å². The predicted octanol–water partition coefficient (Wildman–Crippen LogP) is 2.47. The molecule has 92 valence electrons. The molecule has 0 amide bonds. The van der Waals surface area contributed by atoms with Gasteiger partial charge >= 0.3 is 0 Å². The number of aromatic nitrogens is 1. The van der Waals surface area contributed by atoms with Crippen molar-refractivity contribution in [2.24, 2.45) is 0 Å². The third-order valence-corrected chi connectivity index (χ3v) is 3.52. The van der Waals surface area contributed by atoms with Gasteiger partial charge in [0.2, 0.25) is 0 Å². The van der Waals surface area contributed by atoms with Crippen LogP contribution >= 0.6 is 11.3 Å². The molecule has 0 aromatic carbocycles. The van der Waals surface area contributed by atoms with Crippen molar-refractivity contribution in [2.75, 3.05) is 6.61 Å². The van der Waals surface area contributed by atoms with Crippen LogP contribution in [-0.2, 0) is 5.41 Å². The van der Waals surface area contributed by atoms with Crippen LogP contribution in [0.4, 0.5) is 0 Å². The van der Waals surface area contributed by atoms with Crippen LogP contribution in [0.3, 0.4) is 0 Å². The first-order valence-corrected chi connectivity index (χ1v) is 6.55. The Labute approximate surface area is 102 Å². The highest BCUT2D eigenvalue weighted by Gasteiger charge is 2.21. The minimum atomic E-state index is -0.0488. The number of hydrogen-bond donors (Lipinski definition) is 2. The third-order valence-electron chi connectivity index (χ3n) is 2.24. The molecule has 0 saturated heterocycles. The number of hydrogen-bond acceptors (Lipinski definition) is 4. The molecule has 16 heavy (non-hydrogen) atoms.